The van der Waals surface area contributed by atoms with Gasteiger partial charge >= 0.3 is 0 Å². The summed E-state index contributed by atoms with van der Waals surface area (Å²) in [6.07, 6.45) is 0.368. The van der Waals surface area contributed by atoms with Gasteiger partial charge in [0.15, 0.2) is 0 Å². The number of methoxy groups -OCH3 is 1. The van der Waals surface area contributed by atoms with E-state index in [9.17, 15) is 14.7 Å². The third-order valence-corrected chi connectivity index (χ3v) is 2.77. The average Bonchev–Trinajstić information content (AvgIpc) is 2.45. The zero-order chi connectivity index (χ0) is 14.3. The predicted molar refractivity (Wildman–Crippen MR) is 70.5 cm³/mol. The van der Waals surface area contributed by atoms with Gasteiger partial charge in [0, 0.05) is 0 Å². The Kier molecular flexibility index (Phi) is 6.02. The van der Waals surface area contributed by atoms with Gasteiger partial charge in [-0.05, 0) is 24.1 Å². The third kappa shape index (κ3) is 4.37. The molecule has 0 spiro atoms. The number of aliphatic hydroxyl groups is 1. The molecule has 0 radical (unpaired) electrons. The minimum absolute atomic E-state index is 0.146. The smallest absolute Gasteiger partial charge is 0.258 e. The Morgan fingerprint density at radius 1 is 1.42 bits per heavy atom. The van der Waals surface area contributed by atoms with Crippen LogP contribution in [0, 0.1) is 0 Å². The molecule has 19 heavy (non-hydrogen) atoms. The van der Waals surface area contributed by atoms with E-state index in [0.717, 1.165) is 10.5 Å². The number of hydrogen-bond donors (Lipinski definition) is 1. The SMILES string of the molecule is CCCC(O)C(=O)N(C=O)Cc1ccc(OC)cc1. The van der Waals surface area contributed by atoms with Crippen molar-refractivity contribution in [2.24, 2.45) is 0 Å². The van der Waals surface area contributed by atoms with Gasteiger partial charge in [-0.1, -0.05) is 25.5 Å². The number of nitrogens with zero attached hydrogens (tertiary/aromatic N) is 1. The molecule has 1 atom stereocenters. The average molecular weight is 265 g/mol. The first-order valence-electron chi connectivity index (χ1n) is 6.19. The summed E-state index contributed by atoms with van der Waals surface area (Å²) in [5, 5.41) is 9.61. The molecule has 0 aliphatic carbocycles. The first-order valence-corrected chi connectivity index (χ1v) is 6.19. The highest BCUT2D eigenvalue weighted by Crippen LogP contribution is 2.13. The Hall–Kier alpha value is -1.88. The van der Waals surface area contributed by atoms with Gasteiger partial charge in [0.05, 0.1) is 13.7 Å². The van der Waals surface area contributed by atoms with Gasteiger partial charge in [-0.3, -0.25) is 14.5 Å². The lowest BCUT2D eigenvalue weighted by Crippen LogP contribution is -2.37. The summed E-state index contributed by atoms with van der Waals surface area (Å²) in [6.45, 7) is 2.01. The van der Waals surface area contributed by atoms with Crippen LogP contribution in [0.1, 0.15) is 25.3 Å². The highest BCUT2D eigenvalue weighted by molar-refractivity contribution is 5.89. The van der Waals surface area contributed by atoms with Crippen molar-refractivity contribution < 1.29 is 19.4 Å². The van der Waals surface area contributed by atoms with Crippen LogP contribution in [0.3, 0.4) is 0 Å². The second-order valence-corrected chi connectivity index (χ2v) is 4.22. The number of benzene rings is 1. The highest BCUT2D eigenvalue weighted by atomic mass is 16.5. The molecule has 0 saturated heterocycles. The number of ether oxygens (including phenoxy) is 1. The van der Waals surface area contributed by atoms with Gasteiger partial charge < -0.3 is 9.84 Å². The van der Waals surface area contributed by atoms with Crippen LogP contribution < -0.4 is 4.74 Å². The fourth-order valence-corrected chi connectivity index (χ4v) is 1.68. The maximum atomic E-state index is 11.8. The summed E-state index contributed by atoms with van der Waals surface area (Å²) in [5.41, 5.74) is 0.796. The molecule has 2 amide bonds. The lowest BCUT2D eigenvalue weighted by atomic mass is 10.1. The number of imide groups is 1. The summed E-state index contributed by atoms with van der Waals surface area (Å²) in [4.78, 5) is 23.8. The molecule has 1 aromatic rings. The Bertz CT molecular complexity index is 416. The molecule has 1 aromatic carbocycles. The maximum Gasteiger partial charge on any atom is 0.258 e. The summed E-state index contributed by atoms with van der Waals surface area (Å²) in [5.74, 6) is 0.145. The van der Waals surface area contributed by atoms with Crippen LogP contribution in [-0.2, 0) is 16.1 Å². The number of carbonyl (C=O) groups is 2. The largest absolute Gasteiger partial charge is 0.497 e. The van der Waals surface area contributed by atoms with E-state index in [-0.39, 0.29) is 6.54 Å². The quantitative estimate of drug-likeness (QED) is 0.755. The first kappa shape index (κ1) is 15.2. The van der Waals surface area contributed by atoms with Gasteiger partial charge in [0.2, 0.25) is 6.41 Å². The van der Waals surface area contributed by atoms with Gasteiger partial charge in [0.25, 0.3) is 5.91 Å². The molecule has 0 heterocycles. The van der Waals surface area contributed by atoms with Crippen molar-refractivity contribution in [1.29, 1.82) is 0 Å². The number of carbonyl (C=O) groups excluding carboxylic acids is 2. The minimum atomic E-state index is -1.12. The van der Waals surface area contributed by atoms with Crippen LogP contribution in [0.15, 0.2) is 24.3 Å². The van der Waals surface area contributed by atoms with Crippen molar-refractivity contribution in [2.75, 3.05) is 7.11 Å². The predicted octanol–water partition coefficient (Wildman–Crippen LogP) is 1.34. The lowest BCUT2D eigenvalue weighted by Gasteiger charge is -2.19. The molecular weight excluding hydrogens is 246 g/mol. The minimum Gasteiger partial charge on any atom is -0.497 e. The number of hydrogen-bond acceptors (Lipinski definition) is 4. The third-order valence-electron chi connectivity index (χ3n) is 2.77. The monoisotopic (exact) mass is 265 g/mol. The van der Waals surface area contributed by atoms with E-state index < -0.39 is 12.0 Å². The van der Waals surface area contributed by atoms with Crippen LogP contribution in [0.5, 0.6) is 5.75 Å². The number of rotatable bonds is 7. The number of aliphatic hydroxyl groups excluding tert-OH is 1. The molecule has 0 aromatic heterocycles. The Morgan fingerprint density at radius 3 is 2.53 bits per heavy atom. The second kappa shape index (κ2) is 7.53. The highest BCUT2D eigenvalue weighted by Gasteiger charge is 2.21. The van der Waals surface area contributed by atoms with Crippen molar-refractivity contribution in [1.82, 2.24) is 4.90 Å². The van der Waals surface area contributed by atoms with E-state index in [0.29, 0.717) is 25.0 Å². The van der Waals surface area contributed by atoms with Crippen molar-refractivity contribution >= 4 is 12.3 Å². The number of amides is 2. The molecule has 1 N–H and O–H groups in total. The van der Waals surface area contributed by atoms with Gasteiger partial charge in [-0.2, -0.15) is 0 Å². The van der Waals surface area contributed by atoms with Gasteiger partial charge in [0.1, 0.15) is 11.9 Å². The fourth-order valence-electron chi connectivity index (χ4n) is 1.68. The van der Waals surface area contributed by atoms with E-state index >= 15 is 0 Å². The molecule has 104 valence electrons. The molecule has 0 saturated carbocycles. The van der Waals surface area contributed by atoms with E-state index in [1.807, 2.05) is 6.92 Å². The molecule has 0 bridgehead atoms. The molecule has 1 unspecified atom stereocenters. The van der Waals surface area contributed by atoms with E-state index in [1.54, 1.807) is 31.4 Å². The zero-order valence-corrected chi connectivity index (χ0v) is 11.2. The van der Waals surface area contributed by atoms with Crippen LogP contribution in [-0.4, -0.2) is 35.5 Å². The maximum absolute atomic E-state index is 11.8. The van der Waals surface area contributed by atoms with Crippen molar-refractivity contribution in [3.8, 4) is 5.75 Å². The summed E-state index contributed by atoms with van der Waals surface area (Å²) < 4.78 is 5.03. The van der Waals surface area contributed by atoms with Crippen LogP contribution >= 0.6 is 0 Å². The van der Waals surface area contributed by atoms with Gasteiger partial charge in [-0.15, -0.1) is 0 Å². The molecule has 0 aliphatic rings. The summed E-state index contributed by atoms with van der Waals surface area (Å²) >= 11 is 0. The molecule has 1 rings (SSSR count). The van der Waals surface area contributed by atoms with Crippen molar-refractivity contribution in [3.05, 3.63) is 29.8 Å². The molecule has 5 nitrogen and oxygen atoms in total. The van der Waals surface area contributed by atoms with Crippen molar-refractivity contribution in [3.63, 3.8) is 0 Å². The van der Waals surface area contributed by atoms with Gasteiger partial charge in [-0.25, -0.2) is 0 Å². The van der Waals surface area contributed by atoms with E-state index in [1.165, 1.54) is 0 Å². The standard InChI is InChI=1S/C14H19NO4/c1-3-4-13(17)14(18)15(10-16)9-11-5-7-12(19-2)8-6-11/h5-8,10,13,17H,3-4,9H2,1-2H3. The van der Waals surface area contributed by atoms with Crippen molar-refractivity contribution in [2.45, 2.75) is 32.4 Å². The Balaban J connectivity index is 2.70. The molecular formula is C14H19NO4. The topological polar surface area (TPSA) is 66.8 Å². The van der Waals surface area contributed by atoms with E-state index in [2.05, 4.69) is 0 Å². The molecule has 0 aliphatic heterocycles. The Labute approximate surface area is 112 Å². The fraction of sp³-hybridized carbons (Fsp3) is 0.429. The lowest BCUT2D eigenvalue weighted by molar-refractivity contribution is -0.146. The zero-order valence-electron chi connectivity index (χ0n) is 11.2. The molecule has 5 heteroatoms. The van der Waals surface area contributed by atoms with Crippen LogP contribution in [0.25, 0.3) is 0 Å². The summed E-state index contributed by atoms with van der Waals surface area (Å²) in [7, 11) is 1.57. The van der Waals surface area contributed by atoms with E-state index in [4.69, 9.17) is 4.74 Å². The first-order chi connectivity index (χ1) is 9.12. The normalized spacial score (nSPS) is 11.7. The Morgan fingerprint density at radius 2 is 2.05 bits per heavy atom. The second-order valence-electron chi connectivity index (χ2n) is 4.22. The summed E-state index contributed by atoms with van der Waals surface area (Å²) in [6, 6.07) is 7.06. The van der Waals surface area contributed by atoms with Crippen LogP contribution in [0.2, 0.25) is 0 Å². The van der Waals surface area contributed by atoms with Crippen LogP contribution in [0.4, 0.5) is 0 Å². The molecule has 0 fully saturated rings.